The van der Waals surface area contributed by atoms with Crippen LogP contribution >= 0.6 is 11.6 Å². The Morgan fingerprint density at radius 1 is 1.46 bits per heavy atom. The Kier molecular flexibility index (Phi) is 3.82. The lowest BCUT2D eigenvalue weighted by atomic mass is 10.2. The van der Waals surface area contributed by atoms with Crippen LogP contribution in [0, 0.1) is 23.2 Å². The number of pyridine rings is 1. The Morgan fingerprint density at radius 2 is 2.31 bits per heavy atom. The van der Waals surface area contributed by atoms with Gasteiger partial charge in [-0.15, -0.1) is 11.6 Å². The number of rotatable bonds is 1. The highest BCUT2D eigenvalue weighted by Crippen LogP contribution is 1.97. The molecule has 64 valence electrons. The molecule has 0 unspecified atom stereocenters. The summed E-state index contributed by atoms with van der Waals surface area (Å²) in [7, 11) is 0. The van der Waals surface area contributed by atoms with Crippen LogP contribution in [0.2, 0.25) is 0 Å². The molecule has 0 atom stereocenters. The fraction of sp³-hybridized carbons (Fsp3) is 0.200. The predicted octanol–water partition coefficient (Wildman–Crippen LogP) is 1.93. The van der Waals surface area contributed by atoms with Crippen molar-refractivity contribution in [1.29, 1.82) is 5.26 Å². The van der Waals surface area contributed by atoms with Crippen molar-refractivity contribution in [1.82, 2.24) is 4.98 Å². The van der Waals surface area contributed by atoms with Crippen LogP contribution in [0.5, 0.6) is 0 Å². The Hall–Kier alpha value is -1.51. The third-order valence-corrected chi connectivity index (χ3v) is 1.52. The highest BCUT2D eigenvalue weighted by molar-refractivity contribution is 6.18. The number of hydrogen-bond acceptors (Lipinski definition) is 2. The summed E-state index contributed by atoms with van der Waals surface area (Å²) in [5.74, 6) is 6.31. The van der Waals surface area contributed by atoms with Gasteiger partial charge in [0.15, 0.2) is 0 Å². The molecule has 13 heavy (non-hydrogen) atoms. The molecule has 0 aliphatic carbocycles. The molecule has 0 bridgehead atoms. The van der Waals surface area contributed by atoms with Crippen LogP contribution in [-0.4, -0.2) is 10.9 Å². The Labute approximate surface area is 82.2 Å². The SMILES string of the molecule is N#Cc1ccc(C#CCCCl)cn1. The number of aromatic nitrogens is 1. The van der Waals surface area contributed by atoms with Gasteiger partial charge in [-0.3, -0.25) is 0 Å². The molecule has 1 aromatic heterocycles. The third-order valence-electron chi connectivity index (χ3n) is 1.33. The third kappa shape index (κ3) is 3.15. The molecule has 0 N–H and O–H groups in total. The Bertz CT molecular complexity index is 365. The molecule has 0 aliphatic heterocycles. The molecule has 3 heteroatoms. The summed E-state index contributed by atoms with van der Waals surface area (Å²) >= 11 is 5.45. The van der Waals surface area contributed by atoms with Crippen molar-refractivity contribution >= 4 is 11.6 Å². The quantitative estimate of drug-likeness (QED) is 0.501. The lowest BCUT2D eigenvalue weighted by molar-refractivity contribution is 1.25. The van der Waals surface area contributed by atoms with E-state index in [9.17, 15) is 0 Å². The second kappa shape index (κ2) is 5.19. The van der Waals surface area contributed by atoms with Crippen molar-refractivity contribution in [2.45, 2.75) is 6.42 Å². The van der Waals surface area contributed by atoms with E-state index in [2.05, 4.69) is 16.8 Å². The van der Waals surface area contributed by atoms with Crippen LogP contribution in [0.15, 0.2) is 18.3 Å². The average Bonchev–Trinajstić information content (AvgIpc) is 2.19. The first-order chi connectivity index (χ1) is 6.36. The monoisotopic (exact) mass is 190 g/mol. The minimum absolute atomic E-state index is 0.405. The summed E-state index contributed by atoms with van der Waals surface area (Å²) in [6.45, 7) is 0. The van der Waals surface area contributed by atoms with Crippen molar-refractivity contribution in [3.63, 3.8) is 0 Å². The fourth-order valence-corrected chi connectivity index (χ4v) is 0.840. The van der Waals surface area contributed by atoms with E-state index in [1.807, 2.05) is 6.07 Å². The van der Waals surface area contributed by atoms with Gasteiger partial charge in [0.05, 0.1) is 0 Å². The minimum atomic E-state index is 0.405. The summed E-state index contributed by atoms with van der Waals surface area (Å²) in [6, 6.07) is 5.36. The van der Waals surface area contributed by atoms with Crippen molar-refractivity contribution in [2.75, 3.05) is 5.88 Å². The predicted molar refractivity (Wildman–Crippen MR) is 51.2 cm³/mol. The minimum Gasteiger partial charge on any atom is -0.244 e. The largest absolute Gasteiger partial charge is 0.244 e. The highest BCUT2D eigenvalue weighted by Gasteiger charge is 1.89. The summed E-state index contributed by atoms with van der Waals surface area (Å²) in [5, 5.41) is 8.48. The van der Waals surface area contributed by atoms with Crippen molar-refractivity contribution in [2.24, 2.45) is 0 Å². The maximum absolute atomic E-state index is 8.48. The first kappa shape index (κ1) is 9.58. The number of halogens is 1. The van der Waals surface area contributed by atoms with Gasteiger partial charge in [0.1, 0.15) is 11.8 Å². The second-order valence-corrected chi connectivity index (χ2v) is 2.66. The van der Waals surface area contributed by atoms with Gasteiger partial charge in [-0.1, -0.05) is 11.8 Å². The highest BCUT2D eigenvalue weighted by atomic mass is 35.5. The molecule has 0 aromatic carbocycles. The van der Waals surface area contributed by atoms with Crippen LogP contribution in [-0.2, 0) is 0 Å². The van der Waals surface area contributed by atoms with Crippen LogP contribution < -0.4 is 0 Å². The lowest BCUT2D eigenvalue weighted by Crippen LogP contribution is -1.82. The molecule has 1 aromatic rings. The summed E-state index contributed by atoms with van der Waals surface area (Å²) in [5.41, 5.74) is 1.21. The molecule has 0 spiro atoms. The summed E-state index contributed by atoms with van der Waals surface area (Å²) in [6.07, 6.45) is 2.25. The van der Waals surface area contributed by atoms with Crippen LogP contribution in [0.1, 0.15) is 17.7 Å². The smallest absolute Gasteiger partial charge is 0.140 e. The van der Waals surface area contributed by atoms with E-state index in [0.717, 1.165) is 5.56 Å². The summed E-state index contributed by atoms with van der Waals surface area (Å²) in [4.78, 5) is 3.88. The molecule has 0 radical (unpaired) electrons. The maximum Gasteiger partial charge on any atom is 0.140 e. The van der Waals surface area contributed by atoms with Crippen LogP contribution in [0.3, 0.4) is 0 Å². The normalized spacial score (nSPS) is 8.31. The van der Waals surface area contributed by atoms with E-state index in [1.165, 1.54) is 0 Å². The molecular formula is C10H7ClN2. The molecule has 0 amide bonds. The standard InChI is InChI=1S/C10H7ClN2/c11-6-2-1-3-9-4-5-10(7-12)13-8-9/h4-5,8H,2,6H2. The van der Waals surface area contributed by atoms with Crippen LogP contribution in [0.25, 0.3) is 0 Å². The van der Waals surface area contributed by atoms with E-state index < -0.39 is 0 Å². The zero-order valence-electron chi connectivity index (χ0n) is 6.92. The summed E-state index contributed by atoms with van der Waals surface area (Å²) < 4.78 is 0. The Morgan fingerprint density at radius 3 is 2.85 bits per heavy atom. The number of nitriles is 1. The average molecular weight is 191 g/mol. The molecule has 2 nitrogen and oxygen atoms in total. The van der Waals surface area contributed by atoms with E-state index >= 15 is 0 Å². The maximum atomic E-state index is 8.48. The van der Waals surface area contributed by atoms with Gasteiger partial charge in [0, 0.05) is 24.1 Å². The molecular weight excluding hydrogens is 184 g/mol. The first-order valence-corrected chi connectivity index (χ1v) is 4.31. The molecule has 0 aliphatic rings. The lowest BCUT2D eigenvalue weighted by Gasteiger charge is -1.88. The van der Waals surface area contributed by atoms with Crippen molar-refractivity contribution < 1.29 is 0 Å². The van der Waals surface area contributed by atoms with E-state index in [1.54, 1.807) is 18.3 Å². The zero-order valence-corrected chi connectivity index (χ0v) is 7.67. The molecule has 1 heterocycles. The van der Waals surface area contributed by atoms with Crippen molar-refractivity contribution in [3.8, 4) is 17.9 Å². The van der Waals surface area contributed by atoms with Gasteiger partial charge in [0.25, 0.3) is 0 Å². The van der Waals surface area contributed by atoms with Crippen molar-refractivity contribution in [3.05, 3.63) is 29.6 Å². The second-order valence-electron chi connectivity index (χ2n) is 2.28. The fourth-order valence-electron chi connectivity index (χ4n) is 0.746. The van der Waals surface area contributed by atoms with Gasteiger partial charge in [-0.2, -0.15) is 5.26 Å². The van der Waals surface area contributed by atoms with E-state index in [0.29, 0.717) is 18.0 Å². The molecule has 0 saturated carbocycles. The molecule has 0 saturated heterocycles. The van der Waals surface area contributed by atoms with Crippen LogP contribution in [0.4, 0.5) is 0 Å². The molecule has 0 fully saturated rings. The van der Waals surface area contributed by atoms with Gasteiger partial charge in [-0.25, -0.2) is 4.98 Å². The first-order valence-electron chi connectivity index (χ1n) is 3.78. The Balaban J connectivity index is 2.72. The van der Waals surface area contributed by atoms with Gasteiger partial charge >= 0.3 is 0 Å². The van der Waals surface area contributed by atoms with Gasteiger partial charge < -0.3 is 0 Å². The number of nitrogens with zero attached hydrogens (tertiary/aromatic N) is 2. The van der Waals surface area contributed by atoms with E-state index in [-0.39, 0.29) is 0 Å². The van der Waals surface area contributed by atoms with Gasteiger partial charge in [0.2, 0.25) is 0 Å². The topological polar surface area (TPSA) is 36.7 Å². The van der Waals surface area contributed by atoms with E-state index in [4.69, 9.17) is 16.9 Å². The number of hydrogen-bond donors (Lipinski definition) is 0. The zero-order chi connectivity index (χ0) is 9.52. The van der Waals surface area contributed by atoms with Gasteiger partial charge in [-0.05, 0) is 12.1 Å². The number of alkyl halides is 1. The molecule has 1 rings (SSSR count).